The number of hydrogen-bond acceptors (Lipinski definition) is 5. The number of halogens is 1. The second-order valence-electron chi connectivity index (χ2n) is 6.09. The molecule has 1 amide bonds. The number of methoxy groups -OCH3 is 1. The molecule has 0 radical (unpaired) electrons. The second-order valence-corrected chi connectivity index (χ2v) is 6.09. The average Bonchev–Trinajstić information content (AvgIpc) is 2.68. The summed E-state index contributed by atoms with van der Waals surface area (Å²) in [6.07, 6.45) is 1.56. The zero-order chi connectivity index (χ0) is 18.5. The first-order valence-corrected chi connectivity index (χ1v) is 8.51. The van der Waals surface area contributed by atoms with Crippen LogP contribution in [-0.4, -0.2) is 44.3 Å². The summed E-state index contributed by atoms with van der Waals surface area (Å²) in [6, 6.07) is 7.87. The molecule has 6 nitrogen and oxygen atoms in total. The third-order valence-electron chi connectivity index (χ3n) is 4.37. The second kappa shape index (κ2) is 8.14. The van der Waals surface area contributed by atoms with E-state index in [1.165, 1.54) is 13.2 Å². The van der Waals surface area contributed by atoms with Gasteiger partial charge in [-0.1, -0.05) is 6.07 Å². The molecule has 1 aliphatic heterocycles. The predicted molar refractivity (Wildman–Crippen MR) is 96.1 cm³/mol. The van der Waals surface area contributed by atoms with Crippen molar-refractivity contribution in [2.75, 3.05) is 38.3 Å². The SMILES string of the molecule is COc1ccc([C@@H](C)NC(=O)c2ccc(N3CCOCC3)nc2)cc1F. The van der Waals surface area contributed by atoms with Crippen LogP contribution in [0.2, 0.25) is 0 Å². The van der Waals surface area contributed by atoms with E-state index in [0.29, 0.717) is 24.3 Å². The first-order chi connectivity index (χ1) is 12.6. The lowest BCUT2D eigenvalue weighted by Gasteiger charge is -2.27. The number of carbonyl (C=O) groups is 1. The third-order valence-corrected chi connectivity index (χ3v) is 4.37. The number of pyridine rings is 1. The molecule has 26 heavy (non-hydrogen) atoms. The Labute approximate surface area is 151 Å². The van der Waals surface area contributed by atoms with Gasteiger partial charge in [0.05, 0.1) is 31.9 Å². The van der Waals surface area contributed by atoms with E-state index < -0.39 is 5.82 Å². The van der Waals surface area contributed by atoms with E-state index in [1.807, 2.05) is 6.07 Å². The molecule has 1 atom stereocenters. The monoisotopic (exact) mass is 359 g/mol. The number of hydrogen-bond donors (Lipinski definition) is 1. The molecule has 0 unspecified atom stereocenters. The lowest BCUT2D eigenvalue weighted by Crippen LogP contribution is -2.36. The summed E-state index contributed by atoms with van der Waals surface area (Å²) < 4.78 is 24.1. The van der Waals surface area contributed by atoms with Gasteiger partial charge in [-0.15, -0.1) is 0 Å². The number of amides is 1. The highest BCUT2D eigenvalue weighted by atomic mass is 19.1. The Morgan fingerprint density at radius 2 is 2.08 bits per heavy atom. The number of morpholine rings is 1. The highest BCUT2D eigenvalue weighted by Gasteiger charge is 2.16. The maximum Gasteiger partial charge on any atom is 0.253 e. The van der Waals surface area contributed by atoms with Gasteiger partial charge in [0.1, 0.15) is 5.82 Å². The van der Waals surface area contributed by atoms with Gasteiger partial charge in [-0.2, -0.15) is 0 Å². The number of rotatable bonds is 5. The minimum Gasteiger partial charge on any atom is -0.494 e. The van der Waals surface area contributed by atoms with E-state index in [0.717, 1.165) is 18.9 Å². The van der Waals surface area contributed by atoms with E-state index in [1.54, 1.807) is 31.3 Å². The molecule has 1 N–H and O–H groups in total. The summed E-state index contributed by atoms with van der Waals surface area (Å²) in [5.41, 5.74) is 1.12. The van der Waals surface area contributed by atoms with Crippen LogP contribution in [0.4, 0.5) is 10.2 Å². The zero-order valence-corrected chi connectivity index (χ0v) is 14.9. The Hall–Kier alpha value is -2.67. The first kappa shape index (κ1) is 18.1. The molecule has 7 heteroatoms. The molecule has 2 aromatic rings. The largest absolute Gasteiger partial charge is 0.494 e. The van der Waals surface area contributed by atoms with Crippen molar-refractivity contribution in [1.82, 2.24) is 10.3 Å². The van der Waals surface area contributed by atoms with E-state index in [9.17, 15) is 9.18 Å². The van der Waals surface area contributed by atoms with Crippen LogP contribution < -0.4 is 15.0 Å². The van der Waals surface area contributed by atoms with Gasteiger partial charge in [-0.3, -0.25) is 4.79 Å². The standard InChI is InChI=1S/C19H22FN3O3/c1-13(14-3-5-17(25-2)16(20)11-14)22-19(24)15-4-6-18(21-12-15)23-7-9-26-10-8-23/h3-6,11-13H,7-10H2,1-2H3,(H,22,24)/t13-/m1/s1. The highest BCUT2D eigenvalue weighted by Crippen LogP contribution is 2.22. The molecule has 0 spiro atoms. The van der Waals surface area contributed by atoms with Crippen LogP contribution in [0.1, 0.15) is 28.9 Å². The normalized spacial score (nSPS) is 15.4. The molecule has 1 aromatic carbocycles. The molecular weight excluding hydrogens is 337 g/mol. The molecule has 1 aliphatic rings. The van der Waals surface area contributed by atoms with Crippen molar-refractivity contribution in [1.29, 1.82) is 0 Å². The van der Waals surface area contributed by atoms with Crippen molar-refractivity contribution in [3.63, 3.8) is 0 Å². The Balaban J connectivity index is 1.64. The molecule has 0 aliphatic carbocycles. The highest BCUT2D eigenvalue weighted by molar-refractivity contribution is 5.94. The van der Waals surface area contributed by atoms with Gasteiger partial charge in [0.25, 0.3) is 5.91 Å². The van der Waals surface area contributed by atoms with Crippen molar-refractivity contribution in [3.05, 3.63) is 53.5 Å². The summed E-state index contributed by atoms with van der Waals surface area (Å²) in [5, 5.41) is 2.86. The molecule has 0 saturated carbocycles. The number of aromatic nitrogens is 1. The quantitative estimate of drug-likeness (QED) is 0.889. The fourth-order valence-electron chi connectivity index (χ4n) is 2.82. The Kier molecular flexibility index (Phi) is 5.68. The van der Waals surface area contributed by atoms with Gasteiger partial charge >= 0.3 is 0 Å². The Morgan fingerprint density at radius 1 is 1.31 bits per heavy atom. The smallest absolute Gasteiger partial charge is 0.253 e. The van der Waals surface area contributed by atoms with E-state index in [2.05, 4.69) is 15.2 Å². The molecule has 1 fully saturated rings. The number of benzene rings is 1. The van der Waals surface area contributed by atoms with Crippen LogP contribution >= 0.6 is 0 Å². The van der Waals surface area contributed by atoms with E-state index in [4.69, 9.17) is 9.47 Å². The van der Waals surface area contributed by atoms with Crippen molar-refractivity contribution >= 4 is 11.7 Å². The van der Waals surface area contributed by atoms with Gasteiger partial charge in [0.2, 0.25) is 0 Å². The number of carbonyl (C=O) groups excluding carboxylic acids is 1. The molecule has 2 heterocycles. The molecule has 3 rings (SSSR count). The van der Waals surface area contributed by atoms with Crippen molar-refractivity contribution in [3.8, 4) is 5.75 Å². The number of anilines is 1. The van der Waals surface area contributed by atoms with Gasteiger partial charge < -0.3 is 19.7 Å². The lowest BCUT2D eigenvalue weighted by atomic mass is 10.1. The zero-order valence-electron chi connectivity index (χ0n) is 14.9. The molecule has 1 aromatic heterocycles. The topological polar surface area (TPSA) is 63.7 Å². The molecular formula is C19H22FN3O3. The van der Waals surface area contributed by atoms with Crippen LogP contribution in [-0.2, 0) is 4.74 Å². The van der Waals surface area contributed by atoms with Crippen molar-refractivity contribution < 1.29 is 18.7 Å². The van der Waals surface area contributed by atoms with Gasteiger partial charge in [0.15, 0.2) is 11.6 Å². The summed E-state index contributed by atoms with van der Waals surface area (Å²) >= 11 is 0. The first-order valence-electron chi connectivity index (χ1n) is 8.51. The molecule has 1 saturated heterocycles. The van der Waals surface area contributed by atoms with Gasteiger partial charge in [-0.25, -0.2) is 9.37 Å². The van der Waals surface area contributed by atoms with Gasteiger partial charge in [0, 0.05) is 19.3 Å². The predicted octanol–water partition coefficient (Wildman–Crippen LogP) is 2.56. The lowest BCUT2D eigenvalue weighted by molar-refractivity contribution is 0.0939. The van der Waals surface area contributed by atoms with E-state index >= 15 is 0 Å². The van der Waals surface area contributed by atoms with Crippen LogP contribution in [0.25, 0.3) is 0 Å². The molecule has 0 bridgehead atoms. The Morgan fingerprint density at radius 3 is 2.69 bits per heavy atom. The summed E-state index contributed by atoms with van der Waals surface area (Å²) in [5.74, 6) is 0.294. The minimum atomic E-state index is -0.456. The number of ether oxygens (including phenoxy) is 2. The van der Waals surface area contributed by atoms with Gasteiger partial charge in [-0.05, 0) is 36.8 Å². The van der Waals surface area contributed by atoms with E-state index in [-0.39, 0.29) is 17.7 Å². The fourth-order valence-corrected chi connectivity index (χ4v) is 2.82. The van der Waals surface area contributed by atoms with Crippen molar-refractivity contribution in [2.45, 2.75) is 13.0 Å². The van der Waals surface area contributed by atoms with Crippen molar-refractivity contribution in [2.24, 2.45) is 0 Å². The Bertz CT molecular complexity index is 761. The minimum absolute atomic E-state index is 0.176. The van der Waals surface area contributed by atoms with Crippen LogP contribution in [0.5, 0.6) is 5.75 Å². The molecule has 138 valence electrons. The third kappa shape index (κ3) is 4.11. The summed E-state index contributed by atoms with van der Waals surface area (Å²) in [7, 11) is 1.41. The maximum atomic E-state index is 13.8. The number of nitrogens with one attached hydrogen (secondary N) is 1. The summed E-state index contributed by atoms with van der Waals surface area (Å²) in [4.78, 5) is 18.9. The van der Waals surface area contributed by atoms with Crippen LogP contribution in [0.15, 0.2) is 36.5 Å². The summed E-state index contributed by atoms with van der Waals surface area (Å²) in [6.45, 7) is 4.74. The van der Waals surface area contributed by atoms with Crippen LogP contribution in [0.3, 0.4) is 0 Å². The fraction of sp³-hybridized carbons (Fsp3) is 0.368. The maximum absolute atomic E-state index is 13.8. The average molecular weight is 359 g/mol. The number of nitrogens with zero attached hydrogens (tertiary/aromatic N) is 2. The van der Waals surface area contributed by atoms with Crippen LogP contribution in [0, 0.1) is 5.82 Å².